The summed E-state index contributed by atoms with van der Waals surface area (Å²) in [5, 5.41) is 11.8. The zero-order valence-corrected chi connectivity index (χ0v) is 17.0. The van der Waals surface area contributed by atoms with Crippen molar-refractivity contribution in [1.82, 2.24) is 25.2 Å². The van der Waals surface area contributed by atoms with Gasteiger partial charge in [0.2, 0.25) is 0 Å². The number of rotatable bonds is 7. The van der Waals surface area contributed by atoms with Crippen LogP contribution in [0.2, 0.25) is 0 Å². The lowest BCUT2D eigenvalue weighted by molar-refractivity contribution is -0.124. The maximum atomic E-state index is 13.5. The van der Waals surface area contributed by atoms with Gasteiger partial charge in [-0.15, -0.1) is 0 Å². The molecule has 0 radical (unpaired) electrons. The molecule has 170 valence electrons. The van der Waals surface area contributed by atoms with Crippen LogP contribution in [-0.2, 0) is 6.54 Å². The van der Waals surface area contributed by atoms with E-state index in [1.807, 2.05) is 23.6 Å². The monoisotopic (exact) mass is 458 g/mol. The first-order chi connectivity index (χ1) is 15.8. The third-order valence-corrected chi connectivity index (χ3v) is 4.61. The van der Waals surface area contributed by atoms with Crippen LogP contribution in [-0.4, -0.2) is 38.7 Å². The molecule has 0 saturated heterocycles. The minimum Gasteiger partial charge on any atom is -0.383 e. The summed E-state index contributed by atoms with van der Waals surface area (Å²) in [6.07, 6.45) is -0.365. The molecule has 0 amide bonds. The molecule has 4 rings (SSSR count). The number of hydrogen-bond donors (Lipinski definition) is 3. The maximum Gasteiger partial charge on any atom is 0.407 e. The zero-order valence-electron chi connectivity index (χ0n) is 17.0. The van der Waals surface area contributed by atoms with Gasteiger partial charge in [0.25, 0.3) is 0 Å². The highest BCUT2D eigenvalue weighted by Gasteiger charge is 2.26. The number of nitrogens with two attached hydrogens (primary N) is 1. The highest BCUT2D eigenvalue weighted by atomic mass is 19.4. The molecule has 0 aliphatic carbocycles. The second-order valence-corrected chi connectivity index (χ2v) is 7.06. The first kappa shape index (κ1) is 22.0. The Kier molecular flexibility index (Phi) is 6.07. The van der Waals surface area contributed by atoms with Crippen molar-refractivity contribution in [1.29, 1.82) is 0 Å². The van der Waals surface area contributed by atoms with Crippen molar-refractivity contribution in [2.45, 2.75) is 12.7 Å². The van der Waals surface area contributed by atoms with Crippen LogP contribution in [0.4, 0.5) is 34.9 Å². The van der Waals surface area contributed by atoms with Crippen molar-refractivity contribution < 1.29 is 17.6 Å². The van der Waals surface area contributed by atoms with E-state index in [1.54, 1.807) is 23.0 Å². The highest BCUT2D eigenvalue weighted by Crippen LogP contribution is 2.24. The number of hydrogen-bond acceptors (Lipinski definition) is 7. The van der Waals surface area contributed by atoms with Crippen LogP contribution in [0.5, 0.6) is 0 Å². The largest absolute Gasteiger partial charge is 0.407 e. The second kappa shape index (κ2) is 9.10. The summed E-state index contributed by atoms with van der Waals surface area (Å²) < 4.78 is 52.0. The molecule has 4 aromatic rings. The quantitative estimate of drug-likeness (QED) is 0.221. The average Bonchev–Trinajstić information content (AvgIpc) is 3.14. The smallest absolute Gasteiger partial charge is 0.383 e. The molecule has 0 spiro atoms. The van der Waals surface area contributed by atoms with Crippen LogP contribution in [0.1, 0.15) is 11.1 Å². The van der Waals surface area contributed by atoms with Gasteiger partial charge in [0.05, 0.1) is 30.0 Å². The number of hydrazone groups is 1. The Labute approximate surface area is 185 Å². The van der Waals surface area contributed by atoms with Gasteiger partial charge in [-0.05, 0) is 35.9 Å². The fourth-order valence-electron chi connectivity index (χ4n) is 3.12. The lowest BCUT2D eigenvalue weighted by Gasteiger charge is -2.10. The molecule has 0 aliphatic rings. The lowest BCUT2D eigenvalue weighted by Crippen LogP contribution is -2.25. The SMILES string of the molecule is Nc1ncnc(Nc2ccc3c(cnn3Cc3cccc(F)c3)c2)c1/C=N/NCC(F)(F)F. The Bertz CT molecular complexity index is 1300. The van der Waals surface area contributed by atoms with E-state index in [0.29, 0.717) is 12.2 Å². The van der Waals surface area contributed by atoms with Crippen LogP contribution in [0.25, 0.3) is 10.9 Å². The summed E-state index contributed by atoms with van der Waals surface area (Å²) in [6.45, 7) is -0.877. The third-order valence-electron chi connectivity index (χ3n) is 4.61. The summed E-state index contributed by atoms with van der Waals surface area (Å²) in [5.74, 6) is 0.00753. The van der Waals surface area contributed by atoms with Gasteiger partial charge in [-0.1, -0.05) is 12.1 Å². The fourth-order valence-corrected chi connectivity index (χ4v) is 3.12. The summed E-state index contributed by atoms with van der Waals surface area (Å²) in [6, 6.07) is 11.7. The molecule has 2 heterocycles. The lowest BCUT2D eigenvalue weighted by atomic mass is 10.2. The molecule has 0 saturated carbocycles. The van der Waals surface area contributed by atoms with Crippen molar-refractivity contribution in [2.75, 3.05) is 17.6 Å². The number of nitrogens with one attached hydrogen (secondary N) is 2. The molecule has 33 heavy (non-hydrogen) atoms. The van der Waals surface area contributed by atoms with Gasteiger partial charge in [-0.2, -0.15) is 23.4 Å². The van der Waals surface area contributed by atoms with Crippen LogP contribution >= 0.6 is 0 Å². The Morgan fingerprint density at radius 1 is 1.12 bits per heavy atom. The second-order valence-electron chi connectivity index (χ2n) is 7.06. The number of halogens is 4. The topological polar surface area (TPSA) is 106 Å². The van der Waals surface area contributed by atoms with E-state index in [0.717, 1.165) is 22.7 Å². The number of alkyl halides is 3. The Balaban J connectivity index is 1.54. The molecule has 2 aromatic carbocycles. The van der Waals surface area contributed by atoms with Crippen LogP contribution in [0.3, 0.4) is 0 Å². The van der Waals surface area contributed by atoms with Gasteiger partial charge in [0.1, 0.15) is 30.3 Å². The van der Waals surface area contributed by atoms with Gasteiger partial charge in [-0.3, -0.25) is 4.68 Å². The van der Waals surface area contributed by atoms with E-state index in [9.17, 15) is 17.6 Å². The van der Waals surface area contributed by atoms with Crippen LogP contribution in [0, 0.1) is 5.82 Å². The van der Waals surface area contributed by atoms with Crippen LogP contribution in [0.15, 0.2) is 60.1 Å². The zero-order chi connectivity index (χ0) is 23.4. The Hall–Kier alpha value is -4.22. The predicted molar refractivity (Wildman–Crippen MR) is 117 cm³/mol. The highest BCUT2D eigenvalue weighted by molar-refractivity contribution is 5.93. The van der Waals surface area contributed by atoms with E-state index in [1.165, 1.54) is 18.5 Å². The van der Waals surface area contributed by atoms with Crippen molar-refractivity contribution >= 4 is 34.4 Å². The van der Waals surface area contributed by atoms with Crippen molar-refractivity contribution in [3.05, 3.63) is 71.9 Å². The Morgan fingerprint density at radius 2 is 1.97 bits per heavy atom. The standard InChI is InChI=1S/C21H18F4N8/c22-15-3-1-2-13(6-15)10-33-18-5-4-16(7-14(18)8-31-33)32-20-17(19(26)27-12-28-20)9-29-30-11-21(23,24)25/h1-9,12,30H,10-11H2,(H3,26,27,28,32)/b29-9+. The number of aromatic nitrogens is 4. The summed E-state index contributed by atoms with van der Waals surface area (Å²) >= 11 is 0. The molecular weight excluding hydrogens is 440 g/mol. The van der Waals surface area contributed by atoms with Crippen molar-refractivity contribution in [2.24, 2.45) is 5.10 Å². The van der Waals surface area contributed by atoms with Gasteiger partial charge in [-0.25, -0.2) is 14.4 Å². The van der Waals surface area contributed by atoms with Gasteiger partial charge in [0, 0.05) is 11.1 Å². The first-order valence-corrected chi connectivity index (χ1v) is 9.69. The molecule has 4 N–H and O–H groups in total. The number of anilines is 3. The molecule has 8 nitrogen and oxygen atoms in total. The van der Waals surface area contributed by atoms with Gasteiger partial charge >= 0.3 is 6.18 Å². The molecule has 0 bridgehead atoms. The normalized spacial score (nSPS) is 11.9. The molecule has 2 aromatic heterocycles. The summed E-state index contributed by atoms with van der Waals surface area (Å²) in [7, 11) is 0. The number of nitrogens with zero attached hydrogens (tertiary/aromatic N) is 5. The van der Waals surface area contributed by atoms with Crippen molar-refractivity contribution in [3.8, 4) is 0 Å². The van der Waals surface area contributed by atoms with Crippen LogP contribution < -0.4 is 16.5 Å². The summed E-state index contributed by atoms with van der Waals surface area (Å²) in [5.41, 5.74) is 10.3. The molecule has 0 aliphatic heterocycles. The van der Waals surface area contributed by atoms with Gasteiger partial charge in [0.15, 0.2) is 0 Å². The number of nitrogen functional groups attached to an aromatic ring is 1. The first-order valence-electron chi connectivity index (χ1n) is 9.69. The summed E-state index contributed by atoms with van der Waals surface area (Å²) in [4.78, 5) is 7.97. The minimum absolute atomic E-state index is 0.0500. The van der Waals surface area contributed by atoms with Crippen molar-refractivity contribution in [3.63, 3.8) is 0 Å². The van der Waals surface area contributed by atoms with E-state index in [2.05, 4.69) is 25.5 Å². The number of fused-ring (bicyclic) bond motifs is 1. The molecule has 12 heteroatoms. The number of benzene rings is 2. The van der Waals surface area contributed by atoms with E-state index in [-0.39, 0.29) is 23.0 Å². The minimum atomic E-state index is -4.40. The molecule has 0 atom stereocenters. The maximum absolute atomic E-state index is 13.5. The van der Waals surface area contributed by atoms with E-state index >= 15 is 0 Å². The average molecular weight is 458 g/mol. The van der Waals surface area contributed by atoms with E-state index in [4.69, 9.17) is 5.73 Å². The molecular formula is C21H18F4N8. The molecule has 0 unspecified atom stereocenters. The van der Waals surface area contributed by atoms with Gasteiger partial charge < -0.3 is 16.5 Å². The predicted octanol–water partition coefficient (Wildman–Crippen LogP) is 3.83. The molecule has 0 fully saturated rings. The third kappa shape index (κ3) is 5.53. The fraction of sp³-hybridized carbons (Fsp3) is 0.143. The van der Waals surface area contributed by atoms with E-state index < -0.39 is 12.7 Å². The Morgan fingerprint density at radius 3 is 2.76 bits per heavy atom.